The fourth-order valence-electron chi connectivity index (χ4n) is 0. The number of hydrogen-bond donors (Lipinski definition) is 0. The van der Waals surface area contributed by atoms with E-state index in [0.717, 1.165) is 0 Å². The summed E-state index contributed by atoms with van der Waals surface area (Å²) in [5, 5.41) is 0. The van der Waals surface area contributed by atoms with Gasteiger partial charge in [0.15, 0.2) is 0 Å². The van der Waals surface area contributed by atoms with Crippen LogP contribution in [0.5, 0.6) is 0 Å². The average Bonchev–Trinajstić information content (AvgIpc) is 0. The first-order valence-corrected chi connectivity index (χ1v) is 0. The quantitative estimate of drug-likeness (QED) is 0.353. The van der Waals surface area contributed by atoms with Crippen LogP contribution in [-0.4, -0.2) is 48.7 Å². The molecule has 0 aliphatic heterocycles. The van der Waals surface area contributed by atoms with Crippen LogP contribution in [0.4, 0.5) is 0 Å². The Hall–Kier alpha value is 1.67. The molecule has 0 aliphatic carbocycles. The zero-order valence-electron chi connectivity index (χ0n) is 4.02. The van der Waals surface area contributed by atoms with Crippen molar-refractivity contribution in [2.24, 2.45) is 0 Å². The Balaban J connectivity index is 0. The Morgan fingerprint density at radius 3 is 1.00 bits per heavy atom. The first-order valence-electron chi connectivity index (χ1n) is 0. The molecule has 0 atom stereocenters. The summed E-state index contributed by atoms with van der Waals surface area (Å²) in [6, 6.07) is 0. The molecule has 0 unspecified atom stereocenters. The van der Waals surface area contributed by atoms with Crippen molar-refractivity contribution in [1.82, 2.24) is 0 Å². The Kier molecular flexibility index (Phi) is 249. The molecule has 0 aromatic carbocycles. The minimum atomic E-state index is 0. The third-order valence-electron chi connectivity index (χ3n) is 0. The van der Waals surface area contributed by atoms with Gasteiger partial charge in [-0.25, -0.2) is 0 Å². The van der Waals surface area contributed by atoms with Crippen LogP contribution in [0.2, 0.25) is 0 Å². The Morgan fingerprint density at radius 1 is 1.00 bits per heavy atom. The van der Waals surface area contributed by atoms with Gasteiger partial charge in [-0.2, -0.15) is 0 Å². The van der Waals surface area contributed by atoms with E-state index in [1.165, 1.54) is 0 Å². The van der Waals surface area contributed by atoms with Gasteiger partial charge in [0.1, 0.15) is 0 Å². The summed E-state index contributed by atoms with van der Waals surface area (Å²) in [6.45, 7) is 0. The van der Waals surface area contributed by atoms with Crippen molar-refractivity contribution in [2.45, 2.75) is 0 Å². The van der Waals surface area contributed by atoms with Crippen molar-refractivity contribution in [3.8, 4) is 0 Å². The molecular formula is H6CaNiO2. The third-order valence-corrected chi connectivity index (χ3v) is 0. The maximum Gasteiger partial charge on any atom is 2.00 e. The molecule has 0 amide bonds. The molecule has 0 saturated carbocycles. The minimum Gasteiger partial charge on any atom is -1.00 e. The minimum absolute atomic E-state index is 0. The van der Waals surface area contributed by atoms with Gasteiger partial charge in [-0.15, -0.1) is 0 Å². The smallest absolute Gasteiger partial charge is 1.00 e. The van der Waals surface area contributed by atoms with Crippen molar-refractivity contribution in [3.05, 3.63) is 0 Å². The second kappa shape index (κ2) is 22.5. The molecule has 0 radical (unpaired) electrons. The molecule has 0 aliphatic rings. The van der Waals surface area contributed by atoms with Crippen molar-refractivity contribution in [1.29, 1.82) is 0 Å². The molecule has 0 aromatic heterocycles. The standard InChI is InChI=1S/Ca.Ni.2H2O.2H/h;;2*1H2;;/q+2;;;;2*-1. The molecular weight excluding hydrogens is 131 g/mol. The second-order valence-corrected chi connectivity index (χ2v) is 0. The molecule has 4 heteroatoms. The van der Waals surface area contributed by atoms with Crippen LogP contribution in [0.15, 0.2) is 0 Å². The summed E-state index contributed by atoms with van der Waals surface area (Å²) in [7, 11) is 0. The third kappa shape index (κ3) is 9.38. The van der Waals surface area contributed by atoms with Crippen LogP contribution in [0.25, 0.3) is 0 Å². The van der Waals surface area contributed by atoms with Crippen LogP contribution in [0.3, 0.4) is 0 Å². The largest absolute Gasteiger partial charge is 2.00 e. The molecule has 2 nitrogen and oxygen atoms in total. The van der Waals surface area contributed by atoms with Gasteiger partial charge in [-0.3, -0.25) is 0 Å². The number of hydrogen-bond acceptors (Lipinski definition) is 0. The van der Waals surface area contributed by atoms with Gasteiger partial charge in [-0.1, -0.05) is 0 Å². The van der Waals surface area contributed by atoms with Gasteiger partial charge in [0.25, 0.3) is 0 Å². The van der Waals surface area contributed by atoms with Gasteiger partial charge in [0.05, 0.1) is 0 Å². The summed E-state index contributed by atoms with van der Waals surface area (Å²) in [5.74, 6) is 0. The Bertz CT molecular complexity index is 11.5. The van der Waals surface area contributed by atoms with Gasteiger partial charge < -0.3 is 13.8 Å². The molecule has 0 rings (SSSR count). The molecule has 30 valence electrons. The normalized spacial score (nSPS) is 0. The van der Waals surface area contributed by atoms with E-state index in [-0.39, 0.29) is 68.0 Å². The summed E-state index contributed by atoms with van der Waals surface area (Å²) in [6.07, 6.45) is 0. The van der Waals surface area contributed by atoms with Crippen LogP contribution in [-0.2, 0) is 16.5 Å². The van der Waals surface area contributed by atoms with E-state index in [4.69, 9.17) is 0 Å². The van der Waals surface area contributed by atoms with E-state index < -0.39 is 0 Å². The average molecular weight is 137 g/mol. The first kappa shape index (κ1) is 44.3. The van der Waals surface area contributed by atoms with Crippen molar-refractivity contribution < 1.29 is 30.3 Å². The fraction of sp³-hybridized carbons (Fsp3) is 0. The molecule has 0 fully saturated rings. The van der Waals surface area contributed by atoms with E-state index >= 15 is 0 Å². The van der Waals surface area contributed by atoms with E-state index in [9.17, 15) is 0 Å². The molecule has 4 heavy (non-hydrogen) atoms. The summed E-state index contributed by atoms with van der Waals surface area (Å²) in [4.78, 5) is 0. The number of rotatable bonds is 0. The van der Waals surface area contributed by atoms with Gasteiger partial charge in [-0.05, 0) is 0 Å². The predicted molar refractivity (Wildman–Crippen MR) is 15.2 cm³/mol. The van der Waals surface area contributed by atoms with Crippen molar-refractivity contribution in [3.63, 3.8) is 0 Å². The van der Waals surface area contributed by atoms with Crippen molar-refractivity contribution >= 4 is 37.7 Å². The molecule has 0 spiro atoms. The summed E-state index contributed by atoms with van der Waals surface area (Å²) >= 11 is 0. The van der Waals surface area contributed by atoms with Crippen LogP contribution in [0, 0.1) is 0 Å². The van der Waals surface area contributed by atoms with E-state index in [1.54, 1.807) is 0 Å². The monoisotopic (exact) mass is 136 g/mol. The van der Waals surface area contributed by atoms with E-state index in [1.807, 2.05) is 0 Å². The second-order valence-electron chi connectivity index (χ2n) is 0. The zero-order valence-corrected chi connectivity index (χ0v) is 5.22. The maximum absolute atomic E-state index is 0. The van der Waals surface area contributed by atoms with Crippen LogP contribution in [0.1, 0.15) is 2.85 Å². The summed E-state index contributed by atoms with van der Waals surface area (Å²) < 4.78 is 0. The fourth-order valence-corrected chi connectivity index (χ4v) is 0. The van der Waals surface area contributed by atoms with Gasteiger partial charge >= 0.3 is 37.7 Å². The topological polar surface area (TPSA) is 63.0 Å². The maximum atomic E-state index is 0. The molecule has 4 N–H and O–H groups in total. The van der Waals surface area contributed by atoms with Crippen LogP contribution < -0.4 is 0 Å². The molecule has 0 saturated heterocycles. The van der Waals surface area contributed by atoms with E-state index in [2.05, 4.69) is 0 Å². The van der Waals surface area contributed by atoms with Crippen LogP contribution >= 0.6 is 0 Å². The predicted octanol–water partition coefficient (Wildman–Crippen LogP) is -1.81. The Labute approximate surface area is 67.5 Å². The van der Waals surface area contributed by atoms with E-state index in [0.29, 0.717) is 0 Å². The molecule has 0 aromatic rings. The zero-order chi connectivity index (χ0) is 0. The van der Waals surface area contributed by atoms with Gasteiger partial charge in [0, 0.05) is 16.5 Å². The van der Waals surface area contributed by atoms with Crippen molar-refractivity contribution in [2.75, 3.05) is 0 Å². The molecule has 0 heterocycles. The van der Waals surface area contributed by atoms with Gasteiger partial charge in [0.2, 0.25) is 0 Å². The summed E-state index contributed by atoms with van der Waals surface area (Å²) in [5.41, 5.74) is 0. The molecule has 0 bridgehead atoms. The first-order chi connectivity index (χ1) is 0. The SMILES string of the molecule is O.O.[Ca+2].[H-].[H-].[Ni]. The Morgan fingerprint density at radius 2 is 1.00 bits per heavy atom.